The molecule has 0 aliphatic carbocycles. The number of nitrogens with zero attached hydrogens (tertiary/aromatic N) is 2. The van der Waals surface area contributed by atoms with E-state index in [-0.39, 0.29) is 5.56 Å². The van der Waals surface area contributed by atoms with Gasteiger partial charge >= 0.3 is 0 Å². The Bertz CT molecular complexity index is 498. The van der Waals surface area contributed by atoms with Crippen molar-refractivity contribution in [3.63, 3.8) is 0 Å². The van der Waals surface area contributed by atoms with Gasteiger partial charge in [0.2, 0.25) is 0 Å². The zero-order valence-electron chi connectivity index (χ0n) is 8.61. The van der Waals surface area contributed by atoms with Crippen LogP contribution in [0, 0.1) is 25.0 Å². The average molecular weight is 219 g/mol. The zero-order chi connectivity index (χ0) is 11.5. The second-order valence-corrected chi connectivity index (χ2v) is 3.37. The minimum atomic E-state index is -0.564. The van der Waals surface area contributed by atoms with Gasteiger partial charge in [0, 0.05) is 18.2 Å². The molecule has 1 aromatic carbocycles. The van der Waals surface area contributed by atoms with Gasteiger partial charge in [0.1, 0.15) is 11.6 Å². The number of aromatic nitrogens is 2. The summed E-state index contributed by atoms with van der Waals surface area (Å²) in [5.41, 5.74) is 0.851. The van der Waals surface area contributed by atoms with Gasteiger partial charge < -0.3 is 0 Å². The van der Waals surface area contributed by atoms with Gasteiger partial charge in [-0.05, 0) is 30.7 Å². The first-order chi connectivity index (χ1) is 7.68. The highest BCUT2D eigenvalue weighted by molar-refractivity contribution is 5.37. The summed E-state index contributed by atoms with van der Waals surface area (Å²) >= 11 is 0. The van der Waals surface area contributed by atoms with Gasteiger partial charge in [0.25, 0.3) is 0 Å². The van der Waals surface area contributed by atoms with Crippen LogP contribution in [0.5, 0.6) is 0 Å². The van der Waals surface area contributed by atoms with Crippen molar-refractivity contribution in [1.82, 2.24) is 10.2 Å². The molecule has 0 fully saturated rings. The predicted molar refractivity (Wildman–Crippen MR) is 55.6 cm³/mol. The van der Waals surface area contributed by atoms with E-state index in [1.165, 1.54) is 31.7 Å². The molecule has 1 radical (unpaired) electrons. The Kier molecular flexibility index (Phi) is 2.90. The molecule has 0 atom stereocenters. The normalized spacial score (nSPS) is 10.4. The molecule has 1 heterocycles. The summed E-state index contributed by atoms with van der Waals surface area (Å²) in [7, 11) is 0. The molecule has 1 aromatic heterocycles. The van der Waals surface area contributed by atoms with Crippen LogP contribution >= 0.6 is 0 Å². The highest BCUT2D eigenvalue weighted by Gasteiger charge is 2.10. The summed E-state index contributed by atoms with van der Waals surface area (Å²) < 4.78 is 26.6. The van der Waals surface area contributed by atoms with Crippen molar-refractivity contribution < 1.29 is 8.78 Å². The van der Waals surface area contributed by atoms with E-state index in [9.17, 15) is 8.78 Å². The highest BCUT2D eigenvalue weighted by Crippen LogP contribution is 2.19. The molecule has 0 unspecified atom stereocenters. The largest absolute Gasteiger partial charge is 0.207 e. The van der Waals surface area contributed by atoms with Crippen LogP contribution in [0.4, 0.5) is 8.78 Å². The Balaban J connectivity index is 2.33. The van der Waals surface area contributed by atoms with Crippen molar-refractivity contribution in [3.8, 4) is 0 Å². The predicted octanol–water partition coefficient (Wildman–Crippen LogP) is 2.66. The SMILES string of the molecule is Cc1c(F)ccc([CH]c2cccnn2)c1F. The third-order valence-electron chi connectivity index (χ3n) is 2.25. The van der Waals surface area contributed by atoms with Crippen LogP contribution in [0.2, 0.25) is 0 Å². The smallest absolute Gasteiger partial charge is 0.132 e. The number of hydrogen-bond acceptors (Lipinski definition) is 2. The van der Waals surface area contributed by atoms with Gasteiger partial charge in [-0.15, -0.1) is 0 Å². The van der Waals surface area contributed by atoms with Gasteiger partial charge in [-0.2, -0.15) is 10.2 Å². The molecule has 0 saturated carbocycles. The second-order valence-electron chi connectivity index (χ2n) is 3.37. The molecule has 0 N–H and O–H groups in total. The van der Waals surface area contributed by atoms with Crippen LogP contribution in [0.3, 0.4) is 0 Å². The highest BCUT2D eigenvalue weighted by atomic mass is 19.1. The number of halogens is 2. The lowest BCUT2D eigenvalue weighted by molar-refractivity contribution is 0.563. The van der Waals surface area contributed by atoms with Gasteiger partial charge in [0.05, 0.1) is 5.69 Å². The van der Waals surface area contributed by atoms with E-state index in [2.05, 4.69) is 10.2 Å². The first-order valence-electron chi connectivity index (χ1n) is 4.75. The minimum absolute atomic E-state index is 0.0117. The fraction of sp³-hybridized carbons (Fsp3) is 0.0833. The van der Waals surface area contributed by atoms with E-state index in [0.717, 1.165) is 0 Å². The summed E-state index contributed by atoms with van der Waals surface area (Å²) in [5, 5.41) is 7.47. The molecule has 0 aliphatic rings. The first-order valence-corrected chi connectivity index (χ1v) is 4.75. The van der Waals surface area contributed by atoms with Gasteiger partial charge in [-0.3, -0.25) is 0 Å². The molecule has 0 aliphatic heterocycles. The Hall–Kier alpha value is -1.84. The van der Waals surface area contributed by atoms with E-state index in [0.29, 0.717) is 11.3 Å². The van der Waals surface area contributed by atoms with Crippen LogP contribution < -0.4 is 0 Å². The van der Waals surface area contributed by atoms with Crippen LogP contribution in [0.15, 0.2) is 30.5 Å². The fourth-order valence-electron chi connectivity index (χ4n) is 1.34. The van der Waals surface area contributed by atoms with Crippen LogP contribution in [-0.2, 0) is 0 Å². The average Bonchev–Trinajstić information content (AvgIpc) is 2.31. The maximum absolute atomic E-state index is 13.6. The van der Waals surface area contributed by atoms with Gasteiger partial charge in [-0.25, -0.2) is 8.78 Å². The molecular weight excluding hydrogens is 210 g/mol. The van der Waals surface area contributed by atoms with Crippen molar-refractivity contribution in [1.29, 1.82) is 0 Å². The maximum Gasteiger partial charge on any atom is 0.132 e. The molecule has 81 valence electrons. The van der Waals surface area contributed by atoms with Crippen LogP contribution in [0.1, 0.15) is 16.8 Å². The molecule has 2 nitrogen and oxygen atoms in total. The quantitative estimate of drug-likeness (QED) is 0.776. The van der Waals surface area contributed by atoms with E-state index >= 15 is 0 Å². The Morgan fingerprint density at radius 2 is 2.00 bits per heavy atom. The van der Waals surface area contributed by atoms with Crippen LogP contribution in [-0.4, -0.2) is 10.2 Å². The Morgan fingerprint density at radius 1 is 1.19 bits per heavy atom. The van der Waals surface area contributed by atoms with E-state index < -0.39 is 11.6 Å². The van der Waals surface area contributed by atoms with Crippen molar-refractivity contribution in [2.24, 2.45) is 0 Å². The zero-order valence-corrected chi connectivity index (χ0v) is 8.61. The molecule has 0 spiro atoms. The summed E-state index contributed by atoms with van der Waals surface area (Å²) in [4.78, 5) is 0. The van der Waals surface area contributed by atoms with E-state index in [1.807, 2.05) is 0 Å². The molecule has 2 aromatic rings. The lowest BCUT2D eigenvalue weighted by Gasteiger charge is -2.05. The lowest BCUT2D eigenvalue weighted by atomic mass is 10.1. The van der Waals surface area contributed by atoms with Crippen molar-refractivity contribution in [2.45, 2.75) is 6.92 Å². The van der Waals surface area contributed by atoms with E-state index in [1.54, 1.807) is 12.1 Å². The van der Waals surface area contributed by atoms with Crippen LogP contribution in [0.25, 0.3) is 0 Å². The molecule has 0 saturated heterocycles. The summed E-state index contributed by atoms with van der Waals surface area (Å²) in [5.74, 6) is -1.11. The number of benzene rings is 1. The third kappa shape index (κ3) is 2.05. The summed E-state index contributed by atoms with van der Waals surface area (Å²) in [6.07, 6.45) is 3.05. The molecule has 2 rings (SSSR count). The minimum Gasteiger partial charge on any atom is -0.207 e. The first kappa shape index (κ1) is 10.7. The van der Waals surface area contributed by atoms with Crippen molar-refractivity contribution in [3.05, 3.63) is 65.3 Å². The van der Waals surface area contributed by atoms with Crippen molar-refractivity contribution >= 4 is 0 Å². The second kappa shape index (κ2) is 4.35. The number of hydrogen-bond donors (Lipinski definition) is 0. The Labute approximate surface area is 92.0 Å². The maximum atomic E-state index is 13.6. The number of rotatable bonds is 2. The van der Waals surface area contributed by atoms with Crippen molar-refractivity contribution in [2.75, 3.05) is 0 Å². The topological polar surface area (TPSA) is 25.8 Å². The summed E-state index contributed by atoms with van der Waals surface area (Å²) in [6.45, 7) is 1.40. The monoisotopic (exact) mass is 219 g/mol. The van der Waals surface area contributed by atoms with Gasteiger partial charge in [-0.1, -0.05) is 6.07 Å². The Morgan fingerprint density at radius 3 is 2.69 bits per heavy atom. The fourth-order valence-corrected chi connectivity index (χ4v) is 1.34. The summed E-state index contributed by atoms with van der Waals surface area (Å²) in [6, 6.07) is 6.02. The van der Waals surface area contributed by atoms with Gasteiger partial charge in [0.15, 0.2) is 0 Å². The molecule has 4 heteroatoms. The molecular formula is C12H9F2N2. The lowest BCUT2D eigenvalue weighted by Crippen LogP contribution is -1.98. The molecule has 16 heavy (non-hydrogen) atoms. The van der Waals surface area contributed by atoms with E-state index in [4.69, 9.17) is 0 Å². The molecule has 0 amide bonds. The third-order valence-corrected chi connectivity index (χ3v) is 2.25. The molecule has 0 bridgehead atoms. The standard InChI is InChI=1S/C12H9F2N2/c1-8-11(13)5-4-9(12(8)14)7-10-3-2-6-15-16-10/h2-7H,1H3.